The molecule has 0 heterocycles. The van der Waals surface area contributed by atoms with Gasteiger partial charge in [0.15, 0.2) is 0 Å². The largest absolute Gasteiger partial charge is 0.478 e. The summed E-state index contributed by atoms with van der Waals surface area (Å²) in [6, 6.07) is 1.80. The maximum Gasteiger partial charge on any atom is 0.338 e. The van der Waals surface area contributed by atoms with Crippen LogP contribution in [0.3, 0.4) is 0 Å². The highest BCUT2D eigenvalue weighted by molar-refractivity contribution is 7.89. The number of halogens is 1. The Bertz CT molecular complexity index is 613. The minimum Gasteiger partial charge on any atom is -0.478 e. The van der Waals surface area contributed by atoms with Gasteiger partial charge < -0.3 is 5.11 Å². The van der Waals surface area contributed by atoms with Crippen LogP contribution in [0.25, 0.3) is 0 Å². The normalized spacial score (nSPS) is 11.8. The number of benzene rings is 1. The van der Waals surface area contributed by atoms with Crippen LogP contribution in [0.4, 0.5) is 4.39 Å². The van der Waals surface area contributed by atoms with E-state index in [4.69, 9.17) is 9.94 Å². The average Bonchev–Trinajstić information content (AvgIpc) is 2.31. The Morgan fingerprint density at radius 1 is 1.45 bits per heavy atom. The molecular formula is C12H16FNO5S. The molecule has 0 fully saturated rings. The number of carboxylic acids is 1. The first-order chi connectivity index (χ1) is 9.15. The number of nitrogens with one attached hydrogen (secondary N) is 1. The number of carbonyl (C=O) groups is 1. The topological polar surface area (TPSA) is 92.7 Å². The van der Waals surface area contributed by atoms with Crippen LogP contribution in [0.2, 0.25) is 0 Å². The number of aromatic carboxylic acids is 1. The zero-order chi connectivity index (χ0) is 15.5. The summed E-state index contributed by atoms with van der Waals surface area (Å²) in [7, 11) is -4.05. The standard InChI is InChI=1S/C12H16FNO5S/c1-7(2)6-19-14-20(17,18)9-4-8(3)11(13)10(5-9)12(15)16/h4-5,7,14H,6H2,1-3H3,(H,15,16). The number of aryl methyl sites for hydroxylation is 1. The zero-order valence-electron chi connectivity index (χ0n) is 11.3. The van der Waals surface area contributed by atoms with Crippen LogP contribution in [-0.2, 0) is 14.9 Å². The van der Waals surface area contributed by atoms with Crippen molar-refractivity contribution in [3.8, 4) is 0 Å². The summed E-state index contributed by atoms with van der Waals surface area (Å²) in [5, 5.41) is 8.84. The van der Waals surface area contributed by atoms with Crippen LogP contribution < -0.4 is 4.89 Å². The minimum absolute atomic E-state index is 0.0749. The maximum absolute atomic E-state index is 13.6. The molecule has 0 aliphatic carbocycles. The highest BCUT2D eigenvalue weighted by Crippen LogP contribution is 2.19. The van der Waals surface area contributed by atoms with Crippen LogP contribution in [0.1, 0.15) is 29.8 Å². The lowest BCUT2D eigenvalue weighted by Gasteiger charge is -2.10. The SMILES string of the molecule is Cc1cc(S(=O)(=O)NOCC(C)C)cc(C(=O)O)c1F. The van der Waals surface area contributed by atoms with Crippen LogP contribution in [-0.4, -0.2) is 26.1 Å². The molecule has 20 heavy (non-hydrogen) atoms. The number of sulfonamides is 1. The molecule has 1 rings (SSSR count). The van der Waals surface area contributed by atoms with Crippen LogP contribution in [0.15, 0.2) is 17.0 Å². The first kappa shape index (κ1) is 16.5. The molecule has 0 saturated heterocycles. The van der Waals surface area contributed by atoms with Gasteiger partial charge in [-0.15, -0.1) is 0 Å². The molecule has 1 aromatic rings. The van der Waals surface area contributed by atoms with E-state index in [0.717, 1.165) is 12.1 Å². The summed E-state index contributed by atoms with van der Waals surface area (Å²) in [6.07, 6.45) is 0. The summed E-state index contributed by atoms with van der Waals surface area (Å²) >= 11 is 0. The van der Waals surface area contributed by atoms with E-state index in [9.17, 15) is 17.6 Å². The molecule has 0 atom stereocenters. The Morgan fingerprint density at radius 2 is 2.05 bits per heavy atom. The van der Waals surface area contributed by atoms with Gasteiger partial charge in [0.1, 0.15) is 5.82 Å². The summed E-state index contributed by atoms with van der Waals surface area (Å²) in [5.74, 6) is -2.38. The lowest BCUT2D eigenvalue weighted by atomic mass is 10.1. The van der Waals surface area contributed by atoms with Gasteiger partial charge in [-0.05, 0) is 30.5 Å². The fraction of sp³-hybridized carbons (Fsp3) is 0.417. The number of hydrogen-bond acceptors (Lipinski definition) is 4. The number of carboxylic acid groups (broad SMARTS) is 1. The summed E-state index contributed by atoms with van der Waals surface area (Å²) in [6.45, 7) is 5.11. The maximum atomic E-state index is 13.6. The minimum atomic E-state index is -4.05. The van der Waals surface area contributed by atoms with Crippen molar-refractivity contribution >= 4 is 16.0 Å². The second-order valence-electron chi connectivity index (χ2n) is 4.70. The second-order valence-corrected chi connectivity index (χ2v) is 6.34. The molecular weight excluding hydrogens is 289 g/mol. The van der Waals surface area contributed by atoms with E-state index in [1.54, 1.807) is 0 Å². The third-order valence-corrected chi connectivity index (χ3v) is 3.55. The first-order valence-corrected chi connectivity index (χ1v) is 7.30. The molecule has 6 nitrogen and oxygen atoms in total. The monoisotopic (exact) mass is 305 g/mol. The summed E-state index contributed by atoms with van der Waals surface area (Å²) < 4.78 is 37.4. The summed E-state index contributed by atoms with van der Waals surface area (Å²) in [5.41, 5.74) is -0.775. The molecule has 0 aliphatic rings. The highest BCUT2D eigenvalue weighted by Gasteiger charge is 2.21. The van der Waals surface area contributed by atoms with E-state index < -0.39 is 27.4 Å². The van der Waals surface area contributed by atoms with Crippen LogP contribution in [0.5, 0.6) is 0 Å². The van der Waals surface area contributed by atoms with Crippen molar-refractivity contribution < 1.29 is 27.5 Å². The fourth-order valence-corrected chi connectivity index (χ4v) is 2.30. The Morgan fingerprint density at radius 3 is 2.55 bits per heavy atom. The Balaban J connectivity index is 3.10. The van der Waals surface area contributed by atoms with Gasteiger partial charge in [-0.1, -0.05) is 18.7 Å². The predicted molar refractivity (Wildman–Crippen MR) is 69.2 cm³/mol. The van der Waals surface area contributed by atoms with Gasteiger partial charge in [-0.25, -0.2) is 17.6 Å². The average molecular weight is 305 g/mol. The molecule has 0 spiro atoms. The van der Waals surface area contributed by atoms with Crippen molar-refractivity contribution in [2.45, 2.75) is 25.7 Å². The molecule has 0 amide bonds. The molecule has 2 N–H and O–H groups in total. The summed E-state index contributed by atoms with van der Waals surface area (Å²) in [4.78, 5) is 17.2. The van der Waals surface area contributed by atoms with Gasteiger partial charge in [0, 0.05) is 0 Å². The van der Waals surface area contributed by atoms with Gasteiger partial charge in [-0.2, -0.15) is 0 Å². The lowest BCUT2D eigenvalue weighted by Crippen LogP contribution is -2.26. The Hall–Kier alpha value is -1.51. The van der Waals surface area contributed by atoms with Gasteiger partial charge >= 0.3 is 5.97 Å². The van der Waals surface area contributed by atoms with Crippen LogP contribution >= 0.6 is 0 Å². The van der Waals surface area contributed by atoms with Crippen LogP contribution in [0, 0.1) is 18.7 Å². The van der Waals surface area contributed by atoms with E-state index in [1.165, 1.54) is 6.92 Å². The molecule has 8 heteroatoms. The van der Waals surface area contributed by atoms with Gasteiger partial charge in [0.05, 0.1) is 17.1 Å². The van der Waals surface area contributed by atoms with Crippen molar-refractivity contribution in [3.63, 3.8) is 0 Å². The fourth-order valence-electron chi connectivity index (χ4n) is 1.37. The zero-order valence-corrected chi connectivity index (χ0v) is 12.1. The first-order valence-electron chi connectivity index (χ1n) is 5.82. The van der Waals surface area contributed by atoms with Crippen molar-refractivity contribution in [1.29, 1.82) is 0 Å². The third kappa shape index (κ3) is 3.99. The van der Waals surface area contributed by atoms with Crippen molar-refractivity contribution in [1.82, 2.24) is 4.89 Å². The highest BCUT2D eigenvalue weighted by atomic mass is 32.2. The van der Waals surface area contributed by atoms with E-state index in [0.29, 0.717) is 0 Å². The molecule has 1 aromatic carbocycles. The molecule has 0 bridgehead atoms. The van der Waals surface area contributed by atoms with Gasteiger partial charge in [0.2, 0.25) is 0 Å². The van der Waals surface area contributed by atoms with Gasteiger partial charge in [0.25, 0.3) is 10.0 Å². The molecule has 112 valence electrons. The molecule has 0 aliphatic heterocycles. The van der Waals surface area contributed by atoms with E-state index in [-0.39, 0.29) is 23.0 Å². The van der Waals surface area contributed by atoms with Crippen molar-refractivity contribution in [3.05, 3.63) is 29.1 Å². The van der Waals surface area contributed by atoms with Crippen molar-refractivity contribution in [2.24, 2.45) is 5.92 Å². The second kappa shape index (κ2) is 6.29. The quantitative estimate of drug-likeness (QED) is 0.780. The lowest BCUT2D eigenvalue weighted by molar-refractivity contribution is 0.0690. The predicted octanol–water partition coefficient (Wildman–Crippen LogP) is 1.70. The molecule has 0 saturated carbocycles. The Labute approximate surface area is 116 Å². The number of rotatable bonds is 6. The van der Waals surface area contributed by atoms with E-state index >= 15 is 0 Å². The van der Waals surface area contributed by atoms with E-state index in [2.05, 4.69) is 0 Å². The molecule has 0 aromatic heterocycles. The van der Waals surface area contributed by atoms with Crippen molar-refractivity contribution in [2.75, 3.05) is 6.61 Å². The van der Waals surface area contributed by atoms with E-state index in [1.807, 2.05) is 18.7 Å². The third-order valence-electron chi connectivity index (χ3n) is 2.35. The Kier molecular flexibility index (Phi) is 5.21. The smallest absolute Gasteiger partial charge is 0.338 e. The number of hydrogen-bond donors (Lipinski definition) is 2. The van der Waals surface area contributed by atoms with Gasteiger partial charge in [-0.3, -0.25) is 4.84 Å². The molecule has 0 radical (unpaired) electrons. The molecule has 0 unspecified atom stereocenters.